The highest BCUT2D eigenvalue weighted by atomic mass is 16.3. The zero-order chi connectivity index (χ0) is 19.5. The van der Waals surface area contributed by atoms with Crippen LogP contribution < -0.4 is 5.32 Å². The second-order valence-corrected chi connectivity index (χ2v) is 7.33. The van der Waals surface area contributed by atoms with Gasteiger partial charge in [0.25, 0.3) is 0 Å². The van der Waals surface area contributed by atoms with Gasteiger partial charge < -0.3 is 10.4 Å². The lowest BCUT2D eigenvalue weighted by molar-refractivity contribution is 0.0940. The van der Waals surface area contributed by atoms with E-state index in [1.165, 1.54) is 12.8 Å². The van der Waals surface area contributed by atoms with Gasteiger partial charge in [0, 0.05) is 44.1 Å². The average molecular weight is 381 g/mol. The van der Waals surface area contributed by atoms with E-state index in [0.717, 1.165) is 54.2 Å². The summed E-state index contributed by atoms with van der Waals surface area (Å²) in [6.45, 7) is 4.88. The number of hydrogen-bond acceptors (Lipinski definition) is 7. The number of likely N-dealkylation sites (tertiary alicyclic amines) is 1. The lowest BCUT2D eigenvalue weighted by Crippen LogP contribution is -2.44. The van der Waals surface area contributed by atoms with Crippen molar-refractivity contribution < 1.29 is 5.11 Å². The van der Waals surface area contributed by atoms with Gasteiger partial charge >= 0.3 is 0 Å². The van der Waals surface area contributed by atoms with E-state index >= 15 is 0 Å². The molecular formula is C20H27N7O. The van der Waals surface area contributed by atoms with Crippen molar-refractivity contribution in [2.75, 3.05) is 31.6 Å². The highest BCUT2D eigenvalue weighted by molar-refractivity contribution is 5.90. The molecule has 28 heavy (non-hydrogen) atoms. The summed E-state index contributed by atoms with van der Waals surface area (Å²) < 4.78 is 1.80. The van der Waals surface area contributed by atoms with Crippen LogP contribution >= 0.6 is 0 Å². The minimum atomic E-state index is 0.228. The summed E-state index contributed by atoms with van der Waals surface area (Å²) in [4.78, 5) is 16.0. The normalized spacial score (nSPS) is 17.9. The molecule has 0 aromatic carbocycles. The Hall–Kier alpha value is -2.58. The summed E-state index contributed by atoms with van der Waals surface area (Å²) in [6, 6.07) is 4.09. The van der Waals surface area contributed by atoms with Gasteiger partial charge in [0.15, 0.2) is 11.5 Å². The molecule has 1 fully saturated rings. The zero-order valence-corrected chi connectivity index (χ0v) is 16.5. The number of anilines is 1. The number of pyridine rings is 1. The third kappa shape index (κ3) is 3.70. The molecule has 2 N–H and O–H groups in total. The van der Waals surface area contributed by atoms with Crippen LogP contribution in [0.5, 0.6) is 0 Å². The van der Waals surface area contributed by atoms with Crippen LogP contribution in [-0.4, -0.2) is 67.0 Å². The Balaban J connectivity index is 1.60. The number of fused-ring (bicyclic) bond motifs is 1. The van der Waals surface area contributed by atoms with E-state index in [-0.39, 0.29) is 12.6 Å². The van der Waals surface area contributed by atoms with Crippen molar-refractivity contribution >= 4 is 16.9 Å². The number of aromatic nitrogens is 5. The summed E-state index contributed by atoms with van der Waals surface area (Å²) in [5.41, 5.74) is 2.65. The van der Waals surface area contributed by atoms with Gasteiger partial charge in [-0.25, -0.2) is 9.97 Å². The summed E-state index contributed by atoms with van der Waals surface area (Å²) >= 11 is 0. The van der Waals surface area contributed by atoms with Crippen molar-refractivity contribution in [2.45, 2.75) is 32.2 Å². The number of rotatable bonds is 6. The molecule has 8 nitrogen and oxygen atoms in total. The Labute approximate surface area is 164 Å². The first-order valence-electron chi connectivity index (χ1n) is 9.88. The molecule has 0 amide bonds. The van der Waals surface area contributed by atoms with Crippen LogP contribution in [0.4, 0.5) is 5.82 Å². The minimum Gasteiger partial charge on any atom is -0.395 e. The van der Waals surface area contributed by atoms with Crippen LogP contribution in [-0.2, 0) is 7.05 Å². The van der Waals surface area contributed by atoms with E-state index in [9.17, 15) is 5.11 Å². The van der Waals surface area contributed by atoms with Crippen molar-refractivity contribution in [3.8, 4) is 11.4 Å². The number of aryl methyl sites for hydroxylation is 2. The van der Waals surface area contributed by atoms with E-state index in [2.05, 4.69) is 20.3 Å². The van der Waals surface area contributed by atoms with Gasteiger partial charge in [-0.2, -0.15) is 5.10 Å². The standard InChI is InChI=1S/C20H27N7O/c1-14-17-19(22-10-12-27-11-4-3-5-16(27)13-28)23-18(15-6-8-21-9-7-15)24-20(17)26(2)25-14/h6-9,16,28H,3-5,10-13H2,1-2H3,(H,22,23,24). The van der Waals surface area contributed by atoms with Crippen LogP contribution in [0.3, 0.4) is 0 Å². The molecule has 0 bridgehead atoms. The monoisotopic (exact) mass is 381 g/mol. The molecule has 1 atom stereocenters. The minimum absolute atomic E-state index is 0.228. The lowest BCUT2D eigenvalue weighted by atomic mass is 10.0. The molecule has 4 heterocycles. The largest absolute Gasteiger partial charge is 0.395 e. The first-order valence-corrected chi connectivity index (χ1v) is 9.88. The lowest BCUT2D eigenvalue weighted by Gasteiger charge is -2.34. The topological polar surface area (TPSA) is 92.0 Å². The van der Waals surface area contributed by atoms with Crippen molar-refractivity contribution in [2.24, 2.45) is 7.05 Å². The summed E-state index contributed by atoms with van der Waals surface area (Å²) in [7, 11) is 1.90. The van der Waals surface area contributed by atoms with Crippen LogP contribution in [0.25, 0.3) is 22.4 Å². The van der Waals surface area contributed by atoms with Gasteiger partial charge in [-0.1, -0.05) is 6.42 Å². The molecule has 148 valence electrons. The zero-order valence-electron chi connectivity index (χ0n) is 16.5. The quantitative estimate of drug-likeness (QED) is 0.675. The fourth-order valence-electron chi connectivity index (χ4n) is 3.98. The molecule has 3 aromatic heterocycles. The van der Waals surface area contributed by atoms with Crippen molar-refractivity contribution in [1.82, 2.24) is 29.6 Å². The van der Waals surface area contributed by atoms with E-state index in [0.29, 0.717) is 5.82 Å². The first kappa shape index (κ1) is 18.8. The second-order valence-electron chi connectivity index (χ2n) is 7.33. The summed E-state index contributed by atoms with van der Waals surface area (Å²) in [5.74, 6) is 1.46. The Morgan fingerprint density at radius 1 is 1.21 bits per heavy atom. The maximum absolute atomic E-state index is 9.62. The van der Waals surface area contributed by atoms with Crippen LogP contribution in [0.1, 0.15) is 25.0 Å². The molecule has 0 saturated carbocycles. The van der Waals surface area contributed by atoms with Crippen LogP contribution in [0, 0.1) is 6.92 Å². The first-order chi connectivity index (χ1) is 13.7. The summed E-state index contributed by atoms with van der Waals surface area (Å²) in [6.07, 6.45) is 6.96. The van der Waals surface area contributed by atoms with Gasteiger partial charge in [-0.15, -0.1) is 0 Å². The van der Waals surface area contributed by atoms with E-state index < -0.39 is 0 Å². The van der Waals surface area contributed by atoms with E-state index in [4.69, 9.17) is 9.97 Å². The van der Waals surface area contributed by atoms with Gasteiger partial charge in [0.2, 0.25) is 0 Å². The molecule has 3 aromatic rings. The fourth-order valence-corrected chi connectivity index (χ4v) is 3.98. The maximum atomic E-state index is 9.62. The molecule has 4 rings (SSSR count). The Morgan fingerprint density at radius 2 is 2.04 bits per heavy atom. The molecule has 8 heteroatoms. The van der Waals surface area contributed by atoms with Crippen molar-refractivity contribution in [3.05, 3.63) is 30.2 Å². The van der Waals surface area contributed by atoms with Gasteiger partial charge in [-0.05, 0) is 38.4 Å². The molecular weight excluding hydrogens is 354 g/mol. The third-order valence-corrected chi connectivity index (χ3v) is 5.45. The van der Waals surface area contributed by atoms with Gasteiger partial charge in [0.1, 0.15) is 5.82 Å². The van der Waals surface area contributed by atoms with Crippen molar-refractivity contribution in [3.63, 3.8) is 0 Å². The average Bonchev–Trinajstić information content (AvgIpc) is 3.02. The molecule has 1 saturated heterocycles. The van der Waals surface area contributed by atoms with E-state index in [1.54, 1.807) is 17.1 Å². The fraction of sp³-hybridized carbons (Fsp3) is 0.500. The smallest absolute Gasteiger partial charge is 0.164 e. The predicted octanol–water partition coefficient (Wildman–Crippen LogP) is 1.99. The Bertz CT molecular complexity index is 941. The number of aliphatic hydroxyl groups is 1. The number of hydrogen-bond donors (Lipinski definition) is 2. The van der Waals surface area contributed by atoms with Crippen LogP contribution in [0.15, 0.2) is 24.5 Å². The molecule has 1 unspecified atom stereocenters. The molecule has 1 aliphatic rings. The summed E-state index contributed by atoms with van der Waals surface area (Å²) in [5, 5.41) is 18.6. The maximum Gasteiger partial charge on any atom is 0.164 e. The third-order valence-electron chi connectivity index (χ3n) is 5.45. The Morgan fingerprint density at radius 3 is 2.82 bits per heavy atom. The van der Waals surface area contributed by atoms with Gasteiger partial charge in [-0.3, -0.25) is 14.6 Å². The molecule has 0 spiro atoms. The van der Waals surface area contributed by atoms with Crippen molar-refractivity contribution in [1.29, 1.82) is 0 Å². The molecule has 0 aliphatic carbocycles. The molecule has 0 radical (unpaired) electrons. The predicted molar refractivity (Wildman–Crippen MR) is 109 cm³/mol. The number of nitrogens with one attached hydrogen (secondary N) is 1. The number of aliphatic hydroxyl groups excluding tert-OH is 1. The van der Waals surface area contributed by atoms with Gasteiger partial charge in [0.05, 0.1) is 17.7 Å². The van der Waals surface area contributed by atoms with E-state index in [1.807, 2.05) is 26.1 Å². The highest BCUT2D eigenvalue weighted by Crippen LogP contribution is 2.27. The van der Waals surface area contributed by atoms with Crippen LogP contribution in [0.2, 0.25) is 0 Å². The second kappa shape index (κ2) is 8.20. The SMILES string of the molecule is Cc1nn(C)c2nc(-c3ccncc3)nc(NCCN3CCCCC3CO)c12. The Kier molecular flexibility index (Phi) is 5.50. The number of nitrogens with zero attached hydrogens (tertiary/aromatic N) is 6. The highest BCUT2D eigenvalue weighted by Gasteiger charge is 2.21. The number of piperidine rings is 1. The molecule has 1 aliphatic heterocycles.